The Morgan fingerprint density at radius 1 is 1.29 bits per heavy atom. The highest BCUT2D eigenvalue weighted by molar-refractivity contribution is 5.74. The third kappa shape index (κ3) is 3.90. The van der Waals surface area contributed by atoms with Gasteiger partial charge < -0.3 is 15.0 Å². The minimum atomic E-state index is 0.101. The Labute approximate surface area is 126 Å². The van der Waals surface area contributed by atoms with E-state index in [9.17, 15) is 4.79 Å². The van der Waals surface area contributed by atoms with E-state index in [4.69, 9.17) is 4.74 Å². The number of piperidine rings is 1. The zero-order valence-corrected chi connectivity index (χ0v) is 12.7. The molecule has 0 atom stereocenters. The van der Waals surface area contributed by atoms with E-state index in [0.717, 1.165) is 50.9 Å². The highest BCUT2D eigenvalue weighted by atomic mass is 16.5. The largest absolute Gasteiger partial charge is 0.490 e. The number of carbonyl (C=O) groups excluding carboxylic acids is 1. The summed E-state index contributed by atoms with van der Waals surface area (Å²) in [5.41, 5.74) is 1.30. The molecule has 1 aromatic carbocycles. The van der Waals surface area contributed by atoms with E-state index in [0.29, 0.717) is 6.04 Å². The first-order valence-corrected chi connectivity index (χ1v) is 8.05. The summed E-state index contributed by atoms with van der Waals surface area (Å²) in [6.07, 6.45) is 5.35. The summed E-state index contributed by atoms with van der Waals surface area (Å²) >= 11 is 0. The first-order valence-electron chi connectivity index (χ1n) is 8.05. The smallest absolute Gasteiger partial charge is 0.317 e. The van der Waals surface area contributed by atoms with Gasteiger partial charge in [0.05, 0.1) is 0 Å². The molecule has 4 heteroatoms. The van der Waals surface area contributed by atoms with Gasteiger partial charge in [0.1, 0.15) is 11.9 Å². The van der Waals surface area contributed by atoms with Crippen LogP contribution >= 0.6 is 0 Å². The zero-order valence-electron chi connectivity index (χ0n) is 12.7. The summed E-state index contributed by atoms with van der Waals surface area (Å²) in [7, 11) is 0. The maximum absolute atomic E-state index is 12.0. The van der Waals surface area contributed by atoms with E-state index < -0.39 is 0 Å². The Balaban J connectivity index is 1.47. The van der Waals surface area contributed by atoms with Gasteiger partial charge in [-0.1, -0.05) is 19.1 Å². The normalized spacial score (nSPS) is 19.4. The second-order valence-electron chi connectivity index (χ2n) is 6.03. The van der Waals surface area contributed by atoms with Crippen LogP contribution < -0.4 is 10.1 Å². The van der Waals surface area contributed by atoms with Crippen molar-refractivity contribution in [2.45, 2.75) is 51.2 Å². The first kappa shape index (κ1) is 14.2. The Kier molecular flexibility index (Phi) is 4.32. The lowest BCUT2D eigenvalue weighted by Crippen LogP contribution is -2.47. The van der Waals surface area contributed by atoms with E-state index in [1.54, 1.807) is 0 Å². The molecule has 1 aliphatic carbocycles. The molecule has 0 radical (unpaired) electrons. The van der Waals surface area contributed by atoms with Crippen LogP contribution in [-0.2, 0) is 6.42 Å². The molecule has 1 aliphatic heterocycles. The molecular weight excluding hydrogens is 264 g/mol. The average molecular weight is 288 g/mol. The van der Waals surface area contributed by atoms with E-state index in [1.807, 2.05) is 17.0 Å². The number of nitrogens with zero attached hydrogens (tertiary/aromatic N) is 1. The van der Waals surface area contributed by atoms with Gasteiger partial charge in [0.15, 0.2) is 0 Å². The highest BCUT2D eigenvalue weighted by Gasteiger charge is 2.28. The lowest BCUT2D eigenvalue weighted by atomic mass is 10.1. The van der Waals surface area contributed by atoms with Crippen LogP contribution in [0.3, 0.4) is 0 Å². The Hall–Kier alpha value is -1.71. The van der Waals surface area contributed by atoms with E-state index in [2.05, 4.69) is 24.4 Å². The molecule has 114 valence electrons. The van der Waals surface area contributed by atoms with Gasteiger partial charge in [0, 0.05) is 32.0 Å². The molecule has 1 heterocycles. The lowest BCUT2D eigenvalue weighted by Gasteiger charge is -2.32. The molecule has 0 aromatic heterocycles. The lowest BCUT2D eigenvalue weighted by molar-refractivity contribution is 0.111. The monoisotopic (exact) mass is 288 g/mol. The number of benzene rings is 1. The van der Waals surface area contributed by atoms with Crippen LogP contribution in [0.1, 0.15) is 38.2 Å². The Morgan fingerprint density at radius 2 is 2.05 bits per heavy atom. The molecule has 21 heavy (non-hydrogen) atoms. The van der Waals surface area contributed by atoms with Gasteiger partial charge in [0.25, 0.3) is 0 Å². The summed E-state index contributed by atoms with van der Waals surface area (Å²) < 4.78 is 6.06. The van der Waals surface area contributed by atoms with Gasteiger partial charge >= 0.3 is 6.03 Å². The average Bonchev–Trinajstić information content (AvgIpc) is 3.32. The first-order chi connectivity index (χ1) is 10.2. The summed E-state index contributed by atoms with van der Waals surface area (Å²) in [6.45, 7) is 3.73. The molecule has 1 N–H and O–H groups in total. The third-order valence-corrected chi connectivity index (χ3v) is 4.24. The van der Waals surface area contributed by atoms with Gasteiger partial charge in [-0.2, -0.15) is 0 Å². The summed E-state index contributed by atoms with van der Waals surface area (Å²) in [5, 5.41) is 3.05. The summed E-state index contributed by atoms with van der Waals surface area (Å²) in [5.74, 6) is 0.954. The fraction of sp³-hybridized carbons (Fsp3) is 0.588. The molecule has 0 unspecified atom stereocenters. The standard InChI is InChI=1S/C17H24N2O2/c1-2-13-4-3-5-16(12-13)21-15-8-10-19(11-9-15)17(20)18-14-6-7-14/h3-5,12,14-15H,2,6-11H2,1H3,(H,18,20). The number of ether oxygens (including phenoxy) is 1. The molecule has 1 saturated heterocycles. The molecular formula is C17H24N2O2. The number of amides is 2. The predicted octanol–water partition coefficient (Wildman–Crippen LogP) is 2.96. The molecule has 4 nitrogen and oxygen atoms in total. The zero-order chi connectivity index (χ0) is 14.7. The van der Waals surface area contributed by atoms with Gasteiger partial charge in [-0.15, -0.1) is 0 Å². The summed E-state index contributed by atoms with van der Waals surface area (Å²) in [6, 6.07) is 8.84. The van der Waals surface area contributed by atoms with E-state index >= 15 is 0 Å². The quantitative estimate of drug-likeness (QED) is 0.925. The van der Waals surface area contributed by atoms with Gasteiger partial charge in [-0.05, 0) is 37.0 Å². The van der Waals surface area contributed by atoms with Crippen molar-refractivity contribution in [2.24, 2.45) is 0 Å². The SMILES string of the molecule is CCc1cccc(OC2CCN(C(=O)NC3CC3)CC2)c1. The fourth-order valence-electron chi connectivity index (χ4n) is 2.70. The van der Waals surface area contributed by atoms with Crippen molar-refractivity contribution < 1.29 is 9.53 Å². The van der Waals surface area contributed by atoms with Crippen LogP contribution in [0.25, 0.3) is 0 Å². The van der Waals surface area contributed by atoms with Crippen LogP contribution in [0.2, 0.25) is 0 Å². The molecule has 1 aromatic rings. The molecule has 2 fully saturated rings. The van der Waals surface area contributed by atoms with Crippen LogP contribution in [0, 0.1) is 0 Å². The Bertz CT molecular complexity index is 491. The van der Waals surface area contributed by atoms with E-state index in [1.165, 1.54) is 5.56 Å². The molecule has 2 aliphatic rings. The number of hydrogen-bond acceptors (Lipinski definition) is 2. The topological polar surface area (TPSA) is 41.6 Å². The fourth-order valence-corrected chi connectivity index (χ4v) is 2.70. The molecule has 3 rings (SSSR count). The number of rotatable bonds is 4. The van der Waals surface area contributed by atoms with Gasteiger partial charge in [-0.3, -0.25) is 0 Å². The predicted molar refractivity (Wildman–Crippen MR) is 82.6 cm³/mol. The van der Waals surface area contributed by atoms with Crippen LogP contribution in [0.15, 0.2) is 24.3 Å². The van der Waals surface area contributed by atoms with E-state index in [-0.39, 0.29) is 12.1 Å². The van der Waals surface area contributed by atoms with Gasteiger partial charge in [-0.25, -0.2) is 4.79 Å². The van der Waals surface area contributed by atoms with Crippen molar-refractivity contribution in [1.29, 1.82) is 0 Å². The minimum Gasteiger partial charge on any atom is -0.490 e. The van der Waals surface area contributed by atoms with Crippen molar-refractivity contribution in [2.75, 3.05) is 13.1 Å². The second kappa shape index (κ2) is 6.37. The Morgan fingerprint density at radius 3 is 2.71 bits per heavy atom. The highest BCUT2D eigenvalue weighted by Crippen LogP contribution is 2.22. The third-order valence-electron chi connectivity index (χ3n) is 4.24. The number of carbonyl (C=O) groups is 1. The number of likely N-dealkylation sites (tertiary alicyclic amines) is 1. The molecule has 0 bridgehead atoms. The van der Waals surface area contributed by atoms with Crippen molar-refractivity contribution in [3.8, 4) is 5.75 Å². The maximum atomic E-state index is 12.0. The molecule has 1 saturated carbocycles. The van der Waals surface area contributed by atoms with Crippen molar-refractivity contribution in [3.63, 3.8) is 0 Å². The number of nitrogens with one attached hydrogen (secondary N) is 1. The van der Waals surface area contributed by atoms with Crippen molar-refractivity contribution >= 4 is 6.03 Å². The number of hydrogen-bond donors (Lipinski definition) is 1. The minimum absolute atomic E-state index is 0.101. The summed E-state index contributed by atoms with van der Waals surface area (Å²) in [4.78, 5) is 13.9. The van der Waals surface area contributed by atoms with Crippen LogP contribution in [-0.4, -0.2) is 36.2 Å². The van der Waals surface area contributed by atoms with Crippen LogP contribution in [0.4, 0.5) is 4.79 Å². The number of urea groups is 1. The molecule has 2 amide bonds. The molecule has 0 spiro atoms. The van der Waals surface area contributed by atoms with Crippen molar-refractivity contribution in [1.82, 2.24) is 10.2 Å². The number of aryl methyl sites for hydroxylation is 1. The maximum Gasteiger partial charge on any atom is 0.317 e. The van der Waals surface area contributed by atoms with Gasteiger partial charge in [0.2, 0.25) is 0 Å². The van der Waals surface area contributed by atoms with Crippen LogP contribution in [0.5, 0.6) is 5.75 Å². The second-order valence-corrected chi connectivity index (χ2v) is 6.03. The van der Waals surface area contributed by atoms with Crippen molar-refractivity contribution in [3.05, 3.63) is 29.8 Å².